The summed E-state index contributed by atoms with van der Waals surface area (Å²) in [5.41, 5.74) is 6.81. The number of fused-ring (bicyclic) bond motifs is 1. The van der Waals surface area contributed by atoms with Gasteiger partial charge in [-0.05, 0) is 89.3 Å². The summed E-state index contributed by atoms with van der Waals surface area (Å²) < 4.78 is 31.0. The molecule has 5 N–H and O–H groups in total. The van der Waals surface area contributed by atoms with Gasteiger partial charge in [0.05, 0.1) is 22.4 Å². The van der Waals surface area contributed by atoms with Gasteiger partial charge in [0.15, 0.2) is 9.84 Å². The summed E-state index contributed by atoms with van der Waals surface area (Å²) in [5.74, 6) is -1.74. The highest BCUT2D eigenvalue weighted by Gasteiger charge is 2.47. The second kappa shape index (κ2) is 18.4. The van der Waals surface area contributed by atoms with Crippen molar-refractivity contribution in [3.05, 3.63) is 66.0 Å². The van der Waals surface area contributed by atoms with E-state index >= 15 is 0 Å². The Morgan fingerprint density at radius 1 is 0.964 bits per heavy atom. The van der Waals surface area contributed by atoms with Crippen LogP contribution in [0.15, 0.2) is 54.9 Å². The number of esters is 1. The number of nitrogens with zero attached hydrogens (tertiary/aromatic N) is 2. The van der Waals surface area contributed by atoms with E-state index in [9.17, 15) is 27.6 Å². The minimum atomic E-state index is -3.94. The van der Waals surface area contributed by atoms with Gasteiger partial charge in [-0.2, -0.15) is 0 Å². The van der Waals surface area contributed by atoms with Gasteiger partial charge in [0, 0.05) is 37.3 Å². The van der Waals surface area contributed by atoms with Crippen molar-refractivity contribution in [3.63, 3.8) is 0 Å². The summed E-state index contributed by atoms with van der Waals surface area (Å²) >= 11 is 0. The topological polar surface area (TPSA) is 190 Å². The van der Waals surface area contributed by atoms with Gasteiger partial charge in [-0.15, -0.1) is 0 Å². The Morgan fingerprint density at radius 3 is 2.20 bits per heavy atom. The maximum absolute atomic E-state index is 14.6. The molecular formula is C41H62N6O7S. The number of sulfone groups is 1. The number of ether oxygens (including phenoxy) is 1. The minimum absolute atomic E-state index is 0.0992. The number of carbonyl (C=O) groups is 4. The van der Waals surface area contributed by atoms with Gasteiger partial charge in [-0.1, -0.05) is 63.4 Å². The van der Waals surface area contributed by atoms with Gasteiger partial charge >= 0.3 is 5.97 Å². The van der Waals surface area contributed by atoms with Gasteiger partial charge in [-0.3, -0.25) is 29.1 Å². The van der Waals surface area contributed by atoms with Crippen molar-refractivity contribution in [1.82, 2.24) is 25.8 Å². The Hall–Kier alpha value is -3.88. The molecule has 1 aromatic carbocycles. The second-order valence-electron chi connectivity index (χ2n) is 17.3. The molecule has 7 atom stereocenters. The van der Waals surface area contributed by atoms with E-state index in [4.69, 9.17) is 10.5 Å². The number of piperidine rings is 1. The molecule has 1 aromatic heterocycles. The zero-order valence-corrected chi connectivity index (χ0v) is 34.5. The highest BCUT2D eigenvalue weighted by molar-refractivity contribution is 7.92. The monoisotopic (exact) mass is 782 g/mol. The molecule has 1 aliphatic heterocycles. The Balaban J connectivity index is 1.79. The van der Waals surface area contributed by atoms with Crippen molar-refractivity contribution in [3.8, 4) is 0 Å². The lowest BCUT2D eigenvalue weighted by Gasteiger charge is -2.47. The van der Waals surface area contributed by atoms with E-state index in [1.54, 1.807) is 6.07 Å². The average molecular weight is 783 g/mol. The van der Waals surface area contributed by atoms with Crippen LogP contribution < -0.4 is 21.7 Å². The third kappa shape index (κ3) is 11.8. The number of pyridine rings is 1. The SMILES string of the molecule is CC(C)[C@@H](N)C(=O)O[C@H](CN1C[C@H]2CCCC[C@H]2C[C@H]1C(=O)NC(C)(C)C)[C@H](Cc1ccccc1)NC(=O)[C@@H](NC(=O)c1cccnc1)C(C)(C)S(C)(=O)=O. The number of benzene rings is 1. The van der Waals surface area contributed by atoms with Crippen molar-refractivity contribution in [2.45, 2.75) is 128 Å². The smallest absolute Gasteiger partial charge is 0.323 e. The molecule has 55 heavy (non-hydrogen) atoms. The van der Waals surface area contributed by atoms with Crippen molar-refractivity contribution < 1.29 is 32.3 Å². The molecule has 3 amide bonds. The molecular weight excluding hydrogens is 721 g/mol. The van der Waals surface area contributed by atoms with Crippen LogP contribution in [0.2, 0.25) is 0 Å². The lowest BCUT2D eigenvalue weighted by molar-refractivity contribution is -0.157. The molecule has 1 saturated carbocycles. The van der Waals surface area contributed by atoms with Crippen LogP contribution >= 0.6 is 0 Å². The van der Waals surface area contributed by atoms with Gasteiger partial charge in [-0.25, -0.2) is 8.42 Å². The number of hydrogen-bond acceptors (Lipinski definition) is 10. The number of likely N-dealkylation sites (tertiary alicyclic amines) is 1. The predicted molar refractivity (Wildman–Crippen MR) is 213 cm³/mol. The number of amides is 3. The standard InChI is InChI=1S/C41H62N6O7S/c1-26(2)34(42)39(51)54-33(25-47-24-30-18-13-12-17-28(30)22-32(47)37(49)46-40(3,4)5)31(21-27-15-10-9-11-16-27)44-38(50)35(41(6,7)55(8,52)53)45-36(48)29-19-14-20-43-23-29/h9-11,14-16,19-20,23,26,28,30-35H,12-13,17-18,21-22,24-25,42H2,1-8H3,(H,44,50)(H,45,48)(H,46,49)/t28-,30+,31-,32-,33+,34+,35+/m0/s1. The van der Waals surface area contributed by atoms with Gasteiger partial charge < -0.3 is 26.4 Å². The quantitative estimate of drug-likeness (QED) is 0.195. The largest absolute Gasteiger partial charge is 0.458 e. The van der Waals surface area contributed by atoms with Crippen LogP contribution in [0.5, 0.6) is 0 Å². The molecule has 2 aromatic rings. The molecule has 0 unspecified atom stereocenters. The third-order valence-corrected chi connectivity index (χ3v) is 13.3. The zero-order valence-electron chi connectivity index (χ0n) is 33.7. The van der Waals surface area contributed by atoms with E-state index in [0.29, 0.717) is 24.8 Å². The molecule has 13 nitrogen and oxygen atoms in total. The third-order valence-electron chi connectivity index (χ3n) is 11.2. The van der Waals surface area contributed by atoms with E-state index in [2.05, 4.69) is 25.8 Å². The fourth-order valence-electron chi connectivity index (χ4n) is 7.49. The fraction of sp³-hybridized carbons (Fsp3) is 0.634. The molecule has 0 bridgehead atoms. The summed E-state index contributed by atoms with van der Waals surface area (Å²) in [4.78, 5) is 61.9. The van der Waals surface area contributed by atoms with Crippen LogP contribution in [-0.4, -0.2) is 102 Å². The lowest BCUT2D eigenvalue weighted by atomic mass is 9.72. The van der Waals surface area contributed by atoms with E-state index in [1.165, 1.54) is 32.3 Å². The normalized spacial score (nSPS) is 21.7. The molecule has 4 rings (SSSR count). The molecule has 1 aliphatic carbocycles. The number of nitrogens with two attached hydrogens (primary N) is 1. The fourth-order valence-corrected chi connectivity index (χ4v) is 8.09. The van der Waals surface area contributed by atoms with Crippen LogP contribution in [0.4, 0.5) is 0 Å². The maximum atomic E-state index is 14.6. The highest BCUT2D eigenvalue weighted by atomic mass is 32.2. The predicted octanol–water partition coefficient (Wildman–Crippen LogP) is 3.42. The summed E-state index contributed by atoms with van der Waals surface area (Å²) in [6.45, 7) is 12.9. The van der Waals surface area contributed by atoms with Crippen molar-refractivity contribution in [2.75, 3.05) is 19.3 Å². The van der Waals surface area contributed by atoms with Crippen LogP contribution in [0.25, 0.3) is 0 Å². The summed E-state index contributed by atoms with van der Waals surface area (Å²) in [7, 11) is -3.94. The Labute approximate surface area is 327 Å². The molecule has 2 fully saturated rings. The van der Waals surface area contributed by atoms with Crippen LogP contribution in [0.3, 0.4) is 0 Å². The second-order valence-corrected chi connectivity index (χ2v) is 19.9. The number of hydrogen-bond donors (Lipinski definition) is 4. The first kappa shape index (κ1) is 43.8. The number of carbonyl (C=O) groups excluding carboxylic acids is 4. The number of nitrogens with one attached hydrogen (secondary N) is 3. The van der Waals surface area contributed by atoms with Crippen molar-refractivity contribution in [2.24, 2.45) is 23.5 Å². The molecule has 0 spiro atoms. The molecule has 2 aliphatic rings. The van der Waals surface area contributed by atoms with Gasteiger partial charge in [0.1, 0.15) is 18.2 Å². The summed E-state index contributed by atoms with van der Waals surface area (Å²) in [6.07, 6.45) is 7.95. The van der Waals surface area contributed by atoms with E-state index in [1.807, 2.05) is 65.0 Å². The first-order valence-electron chi connectivity index (χ1n) is 19.4. The molecule has 2 heterocycles. The molecule has 0 radical (unpaired) electrons. The van der Waals surface area contributed by atoms with Gasteiger partial charge in [0.25, 0.3) is 5.91 Å². The van der Waals surface area contributed by atoms with Crippen LogP contribution in [-0.2, 0) is 35.4 Å². The first-order chi connectivity index (χ1) is 25.7. The highest BCUT2D eigenvalue weighted by Crippen LogP contribution is 2.39. The number of rotatable bonds is 15. The van der Waals surface area contributed by atoms with Crippen LogP contribution in [0, 0.1) is 17.8 Å². The zero-order chi connectivity index (χ0) is 40.7. The van der Waals surface area contributed by atoms with E-state index in [0.717, 1.165) is 37.5 Å². The summed E-state index contributed by atoms with van der Waals surface area (Å²) in [5, 5.41) is 8.84. The first-order valence-corrected chi connectivity index (χ1v) is 21.3. The van der Waals surface area contributed by atoms with Gasteiger partial charge in [0.2, 0.25) is 11.8 Å². The average Bonchev–Trinajstić information content (AvgIpc) is 3.11. The Bertz CT molecular complexity index is 1730. The lowest BCUT2D eigenvalue weighted by Crippen LogP contribution is -2.64. The number of aromatic nitrogens is 1. The Kier molecular flexibility index (Phi) is 14.6. The molecule has 14 heteroatoms. The maximum Gasteiger partial charge on any atom is 0.323 e. The van der Waals surface area contributed by atoms with Crippen molar-refractivity contribution in [1.29, 1.82) is 0 Å². The van der Waals surface area contributed by atoms with Crippen LogP contribution in [0.1, 0.15) is 96.5 Å². The Morgan fingerprint density at radius 2 is 1.62 bits per heavy atom. The minimum Gasteiger partial charge on any atom is -0.458 e. The summed E-state index contributed by atoms with van der Waals surface area (Å²) in [6, 6.07) is 8.45. The van der Waals surface area contributed by atoms with E-state index in [-0.39, 0.29) is 30.4 Å². The molecule has 1 saturated heterocycles. The molecule has 304 valence electrons. The van der Waals surface area contributed by atoms with E-state index < -0.39 is 68.2 Å². The van der Waals surface area contributed by atoms with Crippen molar-refractivity contribution >= 4 is 33.5 Å².